The average molecular weight is 170 g/mol. The van der Waals surface area contributed by atoms with Crippen LogP contribution in [0.25, 0.3) is 0 Å². The maximum absolute atomic E-state index is 3.66. The number of aromatic nitrogens is 1. The van der Waals surface area contributed by atoms with E-state index in [9.17, 15) is 0 Å². The van der Waals surface area contributed by atoms with Crippen molar-refractivity contribution in [2.45, 2.75) is 0 Å². The molecule has 46 valence electrons. The van der Waals surface area contributed by atoms with Gasteiger partial charge in [-0.25, -0.2) is 0 Å². The Morgan fingerprint density at radius 2 is 2.00 bits per heavy atom. The molecule has 0 bridgehead atoms. The summed E-state index contributed by atoms with van der Waals surface area (Å²) in [6.45, 7) is 0. The maximum atomic E-state index is 3.66. The topological polar surface area (TPSA) is 12.9 Å². The number of halogens is 1. The molecule has 1 nitrogen and oxygen atoms in total. The molecule has 0 aliphatic rings. The minimum Gasteiger partial charge on any atom is -0.394 e. The zero-order valence-corrected chi connectivity index (χ0v) is 5.94. The smallest absolute Gasteiger partial charge is 0 e. The van der Waals surface area contributed by atoms with Crippen LogP contribution in [0.5, 0.6) is 0 Å². The van der Waals surface area contributed by atoms with Crippen LogP contribution in [0.1, 0.15) is 0 Å². The van der Waals surface area contributed by atoms with E-state index < -0.39 is 0 Å². The molecule has 1 rings (SSSR count). The maximum Gasteiger partial charge on any atom is 0 e. The Balaban J connectivity index is 0. The summed E-state index contributed by atoms with van der Waals surface area (Å²) in [5, 5.41) is 0. The van der Waals surface area contributed by atoms with Gasteiger partial charge in [0.1, 0.15) is 0 Å². The van der Waals surface area contributed by atoms with Crippen molar-refractivity contribution in [2.24, 2.45) is 0 Å². The fraction of sp³-hybridized carbons (Fsp3) is 0. The van der Waals surface area contributed by atoms with Crippen LogP contribution in [0.15, 0.2) is 24.4 Å². The first-order chi connectivity index (χ1) is 3.00. The molecule has 0 saturated carbocycles. The SMILES string of the molecule is Cl.[Fe].[c-]1ccccn1. The molecule has 0 aromatic carbocycles. The van der Waals surface area contributed by atoms with Gasteiger partial charge >= 0.3 is 0 Å². The molecule has 0 aliphatic carbocycles. The molecule has 0 amide bonds. The van der Waals surface area contributed by atoms with E-state index in [0.29, 0.717) is 0 Å². The second-order valence-corrected chi connectivity index (χ2v) is 0.959. The van der Waals surface area contributed by atoms with Crippen LogP contribution in [0.4, 0.5) is 0 Å². The number of hydrogen-bond donors (Lipinski definition) is 0. The van der Waals surface area contributed by atoms with Gasteiger partial charge in [-0.3, -0.25) is 0 Å². The van der Waals surface area contributed by atoms with Crippen LogP contribution in [-0.2, 0) is 17.1 Å². The van der Waals surface area contributed by atoms with Crippen molar-refractivity contribution < 1.29 is 17.1 Å². The standard InChI is InChI=1S/C5H4N.ClH.Fe/c1-2-4-6-5-3-1;;/h1-4H;1H;/q-1;;. The molecule has 1 aromatic heterocycles. The Labute approximate surface area is 65.4 Å². The van der Waals surface area contributed by atoms with Gasteiger partial charge in [-0.2, -0.15) is 18.2 Å². The Hall–Kier alpha value is -0.0405. The van der Waals surface area contributed by atoms with Gasteiger partial charge < -0.3 is 4.98 Å². The van der Waals surface area contributed by atoms with Crippen molar-refractivity contribution in [1.82, 2.24) is 4.98 Å². The molecule has 1 heterocycles. The van der Waals surface area contributed by atoms with Gasteiger partial charge in [-0.15, -0.1) is 12.4 Å². The Morgan fingerprint density at radius 1 is 1.25 bits per heavy atom. The molecule has 8 heavy (non-hydrogen) atoms. The minimum atomic E-state index is 0. The first-order valence-electron chi connectivity index (χ1n) is 1.77. The third kappa shape index (κ3) is 4.13. The molecule has 3 heteroatoms. The van der Waals surface area contributed by atoms with Gasteiger partial charge in [-0.1, -0.05) is 12.4 Å². The second kappa shape index (κ2) is 6.96. The molecule has 0 aliphatic heterocycles. The summed E-state index contributed by atoms with van der Waals surface area (Å²) in [6, 6.07) is 5.50. The summed E-state index contributed by atoms with van der Waals surface area (Å²) in [7, 11) is 0. The molecule has 1 aromatic rings. The van der Waals surface area contributed by atoms with Gasteiger partial charge in [0.05, 0.1) is 0 Å². The normalized spacial score (nSPS) is 6.00. The van der Waals surface area contributed by atoms with E-state index in [4.69, 9.17) is 0 Å². The summed E-state index contributed by atoms with van der Waals surface area (Å²) in [5.74, 6) is 0. The van der Waals surface area contributed by atoms with Crippen molar-refractivity contribution in [1.29, 1.82) is 0 Å². The molecule has 0 unspecified atom stereocenters. The van der Waals surface area contributed by atoms with Crippen LogP contribution in [-0.4, -0.2) is 4.98 Å². The van der Waals surface area contributed by atoms with E-state index in [-0.39, 0.29) is 29.5 Å². The van der Waals surface area contributed by atoms with Crippen LogP contribution in [0, 0.1) is 6.20 Å². The Morgan fingerprint density at radius 3 is 2.12 bits per heavy atom. The fourth-order valence-corrected chi connectivity index (χ4v) is 0.277. The first kappa shape index (κ1) is 10.9. The van der Waals surface area contributed by atoms with Gasteiger partial charge in [-0.05, 0) is 0 Å². The van der Waals surface area contributed by atoms with Crippen molar-refractivity contribution >= 4 is 12.4 Å². The van der Waals surface area contributed by atoms with Crippen LogP contribution >= 0.6 is 12.4 Å². The zero-order valence-electron chi connectivity index (χ0n) is 4.02. The summed E-state index contributed by atoms with van der Waals surface area (Å²) in [6.07, 6.45) is 4.34. The first-order valence-corrected chi connectivity index (χ1v) is 1.77. The van der Waals surface area contributed by atoms with Crippen molar-refractivity contribution in [3.8, 4) is 0 Å². The van der Waals surface area contributed by atoms with E-state index in [2.05, 4.69) is 11.2 Å². The summed E-state index contributed by atoms with van der Waals surface area (Å²) >= 11 is 0. The number of pyridine rings is 1. The monoisotopic (exact) mass is 170 g/mol. The Bertz CT molecular complexity index is 84.4. The third-order valence-electron chi connectivity index (χ3n) is 0.517. The van der Waals surface area contributed by atoms with Crippen LogP contribution in [0.3, 0.4) is 0 Å². The molecular weight excluding hydrogens is 165 g/mol. The van der Waals surface area contributed by atoms with E-state index in [1.807, 2.05) is 12.1 Å². The summed E-state index contributed by atoms with van der Waals surface area (Å²) < 4.78 is 0. The largest absolute Gasteiger partial charge is 0.394 e. The summed E-state index contributed by atoms with van der Waals surface area (Å²) in [4.78, 5) is 3.66. The number of rotatable bonds is 0. The van der Waals surface area contributed by atoms with E-state index in [1.165, 1.54) is 0 Å². The van der Waals surface area contributed by atoms with E-state index in [0.717, 1.165) is 0 Å². The molecule has 0 fully saturated rings. The molecule has 0 N–H and O–H groups in total. The Kier molecular flexibility index (Phi) is 9.44. The van der Waals surface area contributed by atoms with Gasteiger partial charge in [0.15, 0.2) is 0 Å². The van der Waals surface area contributed by atoms with Crippen LogP contribution < -0.4 is 0 Å². The molecule has 0 atom stereocenters. The predicted octanol–water partition coefficient (Wildman–Crippen LogP) is 1.30. The molecular formula is C5H5ClFeN-. The minimum absolute atomic E-state index is 0. The van der Waals surface area contributed by atoms with E-state index >= 15 is 0 Å². The van der Waals surface area contributed by atoms with Gasteiger partial charge in [0.25, 0.3) is 0 Å². The number of hydrogen-bond acceptors (Lipinski definition) is 1. The average Bonchev–Trinajstić information content (AvgIpc) is 1.72. The zero-order chi connectivity index (χ0) is 4.24. The van der Waals surface area contributed by atoms with Crippen molar-refractivity contribution in [3.05, 3.63) is 30.6 Å². The third-order valence-corrected chi connectivity index (χ3v) is 0.517. The van der Waals surface area contributed by atoms with Gasteiger partial charge in [0.2, 0.25) is 0 Å². The van der Waals surface area contributed by atoms with Crippen molar-refractivity contribution in [2.75, 3.05) is 0 Å². The quantitative estimate of drug-likeness (QED) is 0.422. The van der Waals surface area contributed by atoms with Crippen LogP contribution in [0.2, 0.25) is 0 Å². The van der Waals surface area contributed by atoms with Crippen molar-refractivity contribution in [3.63, 3.8) is 0 Å². The fourth-order valence-electron chi connectivity index (χ4n) is 0.277. The second-order valence-electron chi connectivity index (χ2n) is 0.959. The molecule has 0 radical (unpaired) electrons. The number of nitrogens with zero attached hydrogens (tertiary/aromatic N) is 1. The van der Waals surface area contributed by atoms with Gasteiger partial charge in [0, 0.05) is 17.1 Å². The van der Waals surface area contributed by atoms with E-state index in [1.54, 1.807) is 12.3 Å². The predicted molar refractivity (Wildman–Crippen MR) is 30.3 cm³/mol. The summed E-state index contributed by atoms with van der Waals surface area (Å²) in [5.41, 5.74) is 0. The molecule has 0 spiro atoms. The molecule has 0 saturated heterocycles.